The second-order valence-corrected chi connectivity index (χ2v) is 5.61. The summed E-state index contributed by atoms with van der Waals surface area (Å²) in [5, 5.41) is 10.2. The lowest BCUT2D eigenvalue weighted by molar-refractivity contribution is 0.247. The molecule has 0 aliphatic carbocycles. The van der Waals surface area contributed by atoms with E-state index in [1.807, 2.05) is 32.0 Å². The summed E-state index contributed by atoms with van der Waals surface area (Å²) in [5.41, 5.74) is 1.53. The SMILES string of the molecule is C[C@@H](Cn1cncn1)NC(=O)Nc1cc(Cl)ccc1N(C)C. The van der Waals surface area contributed by atoms with Crippen LogP contribution >= 0.6 is 11.6 Å². The fraction of sp³-hybridized carbons (Fsp3) is 0.357. The van der Waals surface area contributed by atoms with E-state index in [4.69, 9.17) is 11.6 Å². The molecule has 1 atom stereocenters. The molecule has 0 bridgehead atoms. The van der Waals surface area contributed by atoms with Crippen LogP contribution in [-0.4, -0.2) is 40.9 Å². The number of anilines is 2. The highest BCUT2D eigenvalue weighted by Crippen LogP contribution is 2.27. The Balaban J connectivity index is 1.98. The molecule has 1 heterocycles. The van der Waals surface area contributed by atoms with Gasteiger partial charge in [0.1, 0.15) is 12.7 Å². The predicted octanol–water partition coefficient (Wildman–Crippen LogP) is 2.21. The molecule has 0 unspecified atom stereocenters. The van der Waals surface area contributed by atoms with E-state index in [1.54, 1.807) is 23.1 Å². The number of carbonyl (C=O) groups is 1. The third kappa shape index (κ3) is 4.36. The van der Waals surface area contributed by atoms with E-state index < -0.39 is 0 Å². The predicted molar refractivity (Wildman–Crippen MR) is 87.4 cm³/mol. The normalized spacial score (nSPS) is 11.8. The summed E-state index contributed by atoms with van der Waals surface area (Å²) in [7, 11) is 3.80. The van der Waals surface area contributed by atoms with Crippen molar-refractivity contribution in [3.63, 3.8) is 0 Å². The van der Waals surface area contributed by atoms with Gasteiger partial charge in [0.2, 0.25) is 0 Å². The van der Waals surface area contributed by atoms with Gasteiger partial charge in [0.25, 0.3) is 0 Å². The number of nitrogens with zero attached hydrogens (tertiary/aromatic N) is 4. The van der Waals surface area contributed by atoms with Crippen molar-refractivity contribution in [2.24, 2.45) is 0 Å². The molecule has 0 radical (unpaired) electrons. The molecular formula is C14H19ClN6O. The monoisotopic (exact) mass is 322 g/mol. The molecule has 0 saturated carbocycles. The molecule has 8 heteroatoms. The number of hydrogen-bond acceptors (Lipinski definition) is 4. The highest BCUT2D eigenvalue weighted by atomic mass is 35.5. The molecule has 2 N–H and O–H groups in total. The Morgan fingerprint density at radius 2 is 2.23 bits per heavy atom. The summed E-state index contributed by atoms with van der Waals surface area (Å²) in [6.45, 7) is 2.44. The Labute approximate surface area is 134 Å². The average molecular weight is 323 g/mol. The molecule has 0 fully saturated rings. The molecule has 0 aliphatic rings. The Hall–Kier alpha value is -2.28. The number of nitrogens with one attached hydrogen (secondary N) is 2. The fourth-order valence-electron chi connectivity index (χ4n) is 2.03. The summed E-state index contributed by atoms with van der Waals surface area (Å²) in [6, 6.07) is 4.98. The molecule has 22 heavy (non-hydrogen) atoms. The summed E-state index contributed by atoms with van der Waals surface area (Å²) in [6.07, 6.45) is 3.07. The lowest BCUT2D eigenvalue weighted by Gasteiger charge is -2.20. The van der Waals surface area contributed by atoms with Crippen molar-refractivity contribution in [3.05, 3.63) is 35.9 Å². The molecule has 0 saturated heterocycles. The van der Waals surface area contributed by atoms with Gasteiger partial charge in [0.05, 0.1) is 17.9 Å². The van der Waals surface area contributed by atoms with Crippen molar-refractivity contribution in [1.29, 1.82) is 0 Å². The Morgan fingerprint density at radius 1 is 1.45 bits per heavy atom. The van der Waals surface area contributed by atoms with Gasteiger partial charge in [-0.15, -0.1) is 0 Å². The Bertz CT molecular complexity index is 628. The molecule has 2 amide bonds. The minimum absolute atomic E-state index is 0.0938. The smallest absolute Gasteiger partial charge is 0.319 e. The molecule has 1 aromatic carbocycles. The zero-order valence-electron chi connectivity index (χ0n) is 12.7. The topological polar surface area (TPSA) is 75.1 Å². The number of carbonyl (C=O) groups excluding carboxylic acids is 1. The maximum atomic E-state index is 12.1. The van der Waals surface area contributed by atoms with Gasteiger partial charge in [-0.05, 0) is 25.1 Å². The zero-order chi connectivity index (χ0) is 16.1. The number of rotatable bonds is 5. The number of halogens is 1. The van der Waals surface area contributed by atoms with Crippen molar-refractivity contribution in [1.82, 2.24) is 20.1 Å². The quantitative estimate of drug-likeness (QED) is 0.885. The Morgan fingerprint density at radius 3 is 2.86 bits per heavy atom. The number of hydrogen-bond donors (Lipinski definition) is 2. The van der Waals surface area contributed by atoms with Gasteiger partial charge in [-0.2, -0.15) is 5.10 Å². The molecule has 0 spiro atoms. The highest BCUT2D eigenvalue weighted by Gasteiger charge is 2.12. The van der Waals surface area contributed by atoms with Crippen LogP contribution in [0.15, 0.2) is 30.9 Å². The van der Waals surface area contributed by atoms with Gasteiger partial charge in [0.15, 0.2) is 0 Å². The number of urea groups is 1. The first-order valence-corrected chi connectivity index (χ1v) is 7.20. The van der Waals surface area contributed by atoms with E-state index in [2.05, 4.69) is 20.7 Å². The van der Waals surface area contributed by atoms with E-state index in [0.29, 0.717) is 17.3 Å². The first-order valence-electron chi connectivity index (χ1n) is 6.82. The maximum Gasteiger partial charge on any atom is 0.319 e. The molecule has 7 nitrogen and oxygen atoms in total. The number of amides is 2. The lowest BCUT2D eigenvalue weighted by atomic mass is 10.2. The van der Waals surface area contributed by atoms with Gasteiger partial charge < -0.3 is 15.5 Å². The summed E-state index contributed by atoms with van der Waals surface area (Å²) in [4.78, 5) is 17.9. The minimum atomic E-state index is -0.294. The first kappa shape index (κ1) is 16.1. The second kappa shape index (κ2) is 7.13. The average Bonchev–Trinajstić information content (AvgIpc) is 2.90. The zero-order valence-corrected chi connectivity index (χ0v) is 13.5. The van der Waals surface area contributed by atoms with Crippen LogP contribution in [0, 0.1) is 0 Å². The largest absolute Gasteiger partial charge is 0.376 e. The van der Waals surface area contributed by atoms with Crippen LogP contribution in [0.25, 0.3) is 0 Å². The van der Waals surface area contributed by atoms with Gasteiger partial charge >= 0.3 is 6.03 Å². The van der Waals surface area contributed by atoms with Crippen molar-refractivity contribution in [2.45, 2.75) is 19.5 Å². The molecular weight excluding hydrogens is 304 g/mol. The van der Waals surface area contributed by atoms with Gasteiger partial charge in [-0.3, -0.25) is 4.68 Å². The van der Waals surface area contributed by atoms with Crippen LogP contribution in [-0.2, 0) is 6.54 Å². The summed E-state index contributed by atoms with van der Waals surface area (Å²) in [5.74, 6) is 0. The van der Waals surface area contributed by atoms with Crippen LogP contribution in [0.5, 0.6) is 0 Å². The lowest BCUT2D eigenvalue weighted by Crippen LogP contribution is -2.38. The van der Waals surface area contributed by atoms with Gasteiger partial charge in [-0.25, -0.2) is 9.78 Å². The van der Waals surface area contributed by atoms with Crippen LogP contribution in [0.3, 0.4) is 0 Å². The number of benzene rings is 1. The maximum absolute atomic E-state index is 12.1. The van der Waals surface area contributed by atoms with Crippen LogP contribution < -0.4 is 15.5 Å². The van der Waals surface area contributed by atoms with E-state index in [1.165, 1.54) is 6.33 Å². The third-order valence-electron chi connectivity index (χ3n) is 2.99. The highest BCUT2D eigenvalue weighted by molar-refractivity contribution is 6.31. The molecule has 2 aromatic rings. The van der Waals surface area contributed by atoms with Crippen LogP contribution in [0.2, 0.25) is 5.02 Å². The molecule has 0 aliphatic heterocycles. The van der Waals surface area contributed by atoms with E-state index in [-0.39, 0.29) is 12.1 Å². The van der Waals surface area contributed by atoms with E-state index >= 15 is 0 Å². The first-order chi connectivity index (χ1) is 10.5. The summed E-state index contributed by atoms with van der Waals surface area (Å²) >= 11 is 6.00. The van der Waals surface area contributed by atoms with Crippen molar-refractivity contribution in [2.75, 3.05) is 24.3 Å². The third-order valence-corrected chi connectivity index (χ3v) is 3.23. The van der Waals surface area contributed by atoms with Crippen LogP contribution in [0.1, 0.15) is 6.92 Å². The van der Waals surface area contributed by atoms with Crippen molar-refractivity contribution in [3.8, 4) is 0 Å². The summed E-state index contributed by atoms with van der Waals surface area (Å²) < 4.78 is 1.66. The van der Waals surface area contributed by atoms with E-state index in [9.17, 15) is 4.79 Å². The Kier molecular flexibility index (Phi) is 5.21. The number of aromatic nitrogens is 3. The molecule has 2 rings (SSSR count). The molecule has 1 aromatic heterocycles. The fourth-order valence-corrected chi connectivity index (χ4v) is 2.21. The van der Waals surface area contributed by atoms with Gasteiger partial charge in [-0.1, -0.05) is 11.6 Å². The van der Waals surface area contributed by atoms with Crippen molar-refractivity contribution >= 4 is 29.0 Å². The molecule has 118 valence electrons. The second-order valence-electron chi connectivity index (χ2n) is 5.17. The standard InChI is InChI=1S/C14H19ClN6O/c1-10(7-21-9-16-8-17-21)18-14(22)19-12-6-11(15)4-5-13(12)20(2)3/h4-6,8-10H,7H2,1-3H3,(H2,18,19,22)/t10-/m0/s1. The minimum Gasteiger partial charge on any atom is -0.376 e. The van der Waals surface area contributed by atoms with Crippen LogP contribution in [0.4, 0.5) is 16.2 Å². The van der Waals surface area contributed by atoms with E-state index in [0.717, 1.165) is 5.69 Å². The van der Waals surface area contributed by atoms with Gasteiger partial charge in [0, 0.05) is 25.2 Å². The van der Waals surface area contributed by atoms with Crippen molar-refractivity contribution < 1.29 is 4.79 Å².